The highest BCUT2D eigenvalue weighted by atomic mass is 35.5. The standard InChI is InChI=1S/C19H21ClFN3O/c20-16-5-3-6-17(14-16)22-19(25)24-12-10-23(11-13-24)9-8-15-4-1-2-7-18(15)21/h1-7,14H,8-13H2,(H,22,25). The lowest BCUT2D eigenvalue weighted by Gasteiger charge is -2.34. The number of benzene rings is 2. The molecule has 1 saturated heterocycles. The van der Waals surface area contributed by atoms with Crippen molar-refractivity contribution in [1.29, 1.82) is 0 Å². The average molecular weight is 362 g/mol. The molecule has 0 aromatic heterocycles. The van der Waals surface area contributed by atoms with E-state index in [2.05, 4.69) is 10.2 Å². The number of urea groups is 1. The smallest absolute Gasteiger partial charge is 0.321 e. The van der Waals surface area contributed by atoms with Crippen molar-refractivity contribution in [3.63, 3.8) is 0 Å². The number of nitrogens with zero attached hydrogens (tertiary/aromatic N) is 2. The summed E-state index contributed by atoms with van der Waals surface area (Å²) in [7, 11) is 0. The molecular formula is C19H21ClFN3O. The van der Waals surface area contributed by atoms with Crippen molar-refractivity contribution in [2.75, 3.05) is 38.0 Å². The molecule has 3 rings (SSSR count). The van der Waals surface area contributed by atoms with Crippen molar-refractivity contribution in [2.24, 2.45) is 0 Å². The zero-order chi connectivity index (χ0) is 17.6. The molecule has 1 aliphatic rings. The van der Waals surface area contributed by atoms with E-state index in [0.717, 1.165) is 25.2 Å². The second kappa shape index (κ2) is 8.32. The molecule has 0 bridgehead atoms. The molecule has 132 valence electrons. The quantitative estimate of drug-likeness (QED) is 0.897. The van der Waals surface area contributed by atoms with Crippen molar-refractivity contribution < 1.29 is 9.18 Å². The summed E-state index contributed by atoms with van der Waals surface area (Å²) in [4.78, 5) is 16.4. The summed E-state index contributed by atoms with van der Waals surface area (Å²) in [6.45, 7) is 3.69. The van der Waals surface area contributed by atoms with Gasteiger partial charge in [0.2, 0.25) is 0 Å². The van der Waals surface area contributed by atoms with Crippen molar-refractivity contribution in [3.8, 4) is 0 Å². The van der Waals surface area contributed by atoms with Crippen molar-refractivity contribution in [2.45, 2.75) is 6.42 Å². The predicted molar refractivity (Wildman–Crippen MR) is 98.6 cm³/mol. The van der Waals surface area contributed by atoms with E-state index in [1.807, 2.05) is 18.2 Å². The fourth-order valence-electron chi connectivity index (χ4n) is 2.92. The minimum atomic E-state index is -0.151. The van der Waals surface area contributed by atoms with Gasteiger partial charge in [0, 0.05) is 43.4 Å². The van der Waals surface area contributed by atoms with Gasteiger partial charge in [0.25, 0.3) is 0 Å². The molecule has 1 heterocycles. The summed E-state index contributed by atoms with van der Waals surface area (Å²) in [6.07, 6.45) is 0.682. The third-order valence-corrected chi connectivity index (χ3v) is 4.63. The molecule has 6 heteroatoms. The monoisotopic (exact) mass is 361 g/mol. The van der Waals surface area contributed by atoms with Gasteiger partial charge in [0.1, 0.15) is 5.82 Å². The molecule has 2 aromatic carbocycles. The van der Waals surface area contributed by atoms with E-state index in [1.165, 1.54) is 6.07 Å². The van der Waals surface area contributed by atoms with Crippen LogP contribution in [0.4, 0.5) is 14.9 Å². The number of carbonyl (C=O) groups excluding carboxylic acids is 1. The molecule has 0 saturated carbocycles. The first-order chi connectivity index (χ1) is 12.1. The Kier molecular flexibility index (Phi) is 5.89. The van der Waals surface area contributed by atoms with Crippen LogP contribution in [-0.4, -0.2) is 48.6 Å². The Morgan fingerprint density at radius 1 is 1.08 bits per heavy atom. The Labute approximate surface area is 152 Å². The van der Waals surface area contributed by atoms with Crippen molar-refractivity contribution in [3.05, 3.63) is 64.9 Å². The van der Waals surface area contributed by atoms with E-state index >= 15 is 0 Å². The van der Waals surface area contributed by atoms with Gasteiger partial charge < -0.3 is 10.2 Å². The van der Waals surface area contributed by atoms with Gasteiger partial charge in [0.15, 0.2) is 0 Å². The lowest BCUT2D eigenvalue weighted by Crippen LogP contribution is -2.50. The number of carbonyl (C=O) groups is 1. The molecule has 0 spiro atoms. The normalized spacial score (nSPS) is 15.2. The van der Waals surface area contributed by atoms with Gasteiger partial charge >= 0.3 is 6.03 Å². The highest BCUT2D eigenvalue weighted by Crippen LogP contribution is 2.16. The highest BCUT2D eigenvalue weighted by molar-refractivity contribution is 6.30. The molecule has 2 aromatic rings. The molecule has 1 N–H and O–H groups in total. The van der Waals surface area contributed by atoms with Gasteiger partial charge in [0.05, 0.1) is 0 Å². The Balaban J connectivity index is 1.45. The molecule has 0 atom stereocenters. The number of hydrogen-bond donors (Lipinski definition) is 1. The third-order valence-electron chi connectivity index (χ3n) is 4.39. The van der Waals surface area contributed by atoms with E-state index in [1.54, 1.807) is 29.2 Å². The van der Waals surface area contributed by atoms with Crippen LogP contribution in [-0.2, 0) is 6.42 Å². The first kappa shape index (κ1) is 17.7. The molecule has 1 aliphatic heterocycles. The molecule has 0 unspecified atom stereocenters. The van der Waals surface area contributed by atoms with Gasteiger partial charge in [-0.15, -0.1) is 0 Å². The second-order valence-electron chi connectivity index (χ2n) is 6.11. The van der Waals surface area contributed by atoms with E-state index < -0.39 is 0 Å². The molecule has 0 aliphatic carbocycles. The lowest BCUT2D eigenvalue weighted by atomic mass is 10.1. The van der Waals surface area contributed by atoms with E-state index in [-0.39, 0.29) is 11.8 Å². The zero-order valence-electron chi connectivity index (χ0n) is 13.9. The number of amides is 2. The lowest BCUT2D eigenvalue weighted by molar-refractivity contribution is 0.148. The van der Waals surface area contributed by atoms with Crippen molar-refractivity contribution >= 4 is 23.3 Å². The van der Waals surface area contributed by atoms with E-state index in [0.29, 0.717) is 30.2 Å². The first-order valence-corrected chi connectivity index (χ1v) is 8.77. The topological polar surface area (TPSA) is 35.6 Å². The number of nitrogens with one attached hydrogen (secondary N) is 1. The number of anilines is 1. The van der Waals surface area contributed by atoms with Gasteiger partial charge in [-0.2, -0.15) is 0 Å². The van der Waals surface area contributed by atoms with E-state index in [4.69, 9.17) is 11.6 Å². The SMILES string of the molecule is O=C(Nc1cccc(Cl)c1)N1CCN(CCc2ccccc2F)CC1. The number of hydrogen-bond acceptors (Lipinski definition) is 2. The summed E-state index contributed by atoms with van der Waals surface area (Å²) in [5.41, 5.74) is 1.43. The van der Waals surface area contributed by atoms with Gasteiger partial charge in [-0.3, -0.25) is 4.90 Å². The molecule has 4 nitrogen and oxygen atoms in total. The minimum Gasteiger partial charge on any atom is -0.322 e. The van der Waals surface area contributed by atoms with Crippen LogP contribution in [0, 0.1) is 5.82 Å². The van der Waals surface area contributed by atoms with Crippen LogP contribution in [0.1, 0.15) is 5.56 Å². The van der Waals surface area contributed by atoms with Crippen molar-refractivity contribution in [1.82, 2.24) is 9.80 Å². The maximum Gasteiger partial charge on any atom is 0.321 e. The van der Waals surface area contributed by atoms with Crippen LogP contribution >= 0.6 is 11.6 Å². The Hall–Kier alpha value is -2.11. The van der Waals surface area contributed by atoms with Crippen LogP contribution < -0.4 is 5.32 Å². The summed E-state index contributed by atoms with van der Waals surface area (Å²) >= 11 is 5.93. The third kappa shape index (κ3) is 4.94. The number of piperazine rings is 1. The van der Waals surface area contributed by atoms with Crippen LogP contribution in [0.15, 0.2) is 48.5 Å². The van der Waals surface area contributed by atoms with Gasteiger partial charge in [-0.25, -0.2) is 9.18 Å². The van der Waals surface area contributed by atoms with Gasteiger partial charge in [-0.05, 0) is 36.2 Å². The fraction of sp³-hybridized carbons (Fsp3) is 0.316. The number of halogens is 2. The number of rotatable bonds is 4. The van der Waals surface area contributed by atoms with Crippen LogP contribution in [0.3, 0.4) is 0 Å². The van der Waals surface area contributed by atoms with Crippen LogP contribution in [0.2, 0.25) is 5.02 Å². The largest absolute Gasteiger partial charge is 0.322 e. The summed E-state index contributed by atoms with van der Waals surface area (Å²) in [6, 6.07) is 13.9. The molecular weight excluding hydrogens is 341 g/mol. The average Bonchev–Trinajstić information content (AvgIpc) is 2.61. The second-order valence-corrected chi connectivity index (χ2v) is 6.55. The molecule has 0 radical (unpaired) electrons. The Morgan fingerprint density at radius 2 is 1.84 bits per heavy atom. The molecule has 2 amide bonds. The Bertz CT molecular complexity index is 732. The summed E-state index contributed by atoms with van der Waals surface area (Å²) < 4.78 is 13.7. The van der Waals surface area contributed by atoms with Gasteiger partial charge in [-0.1, -0.05) is 35.9 Å². The zero-order valence-corrected chi connectivity index (χ0v) is 14.7. The minimum absolute atomic E-state index is 0.115. The van der Waals surface area contributed by atoms with Crippen LogP contribution in [0.5, 0.6) is 0 Å². The summed E-state index contributed by atoms with van der Waals surface area (Å²) in [5.74, 6) is -0.151. The first-order valence-electron chi connectivity index (χ1n) is 8.39. The molecule has 1 fully saturated rings. The van der Waals surface area contributed by atoms with Crippen LogP contribution in [0.25, 0.3) is 0 Å². The highest BCUT2D eigenvalue weighted by Gasteiger charge is 2.21. The maximum atomic E-state index is 13.7. The maximum absolute atomic E-state index is 13.7. The molecule has 25 heavy (non-hydrogen) atoms. The predicted octanol–water partition coefficient (Wildman–Crippen LogP) is 3.87. The summed E-state index contributed by atoms with van der Waals surface area (Å²) in [5, 5.41) is 3.46. The van der Waals surface area contributed by atoms with E-state index in [9.17, 15) is 9.18 Å². The fourth-order valence-corrected chi connectivity index (χ4v) is 3.11. The Morgan fingerprint density at radius 3 is 2.56 bits per heavy atom.